The molecule has 0 N–H and O–H groups in total. The van der Waals surface area contributed by atoms with Crippen LogP contribution >= 0.6 is 11.6 Å². The van der Waals surface area contributed by atoms with Crippen molar-refractivity contribution in [1.29, 1.82) is 0 Å². The molecule has 0 fully saturated rings. The zero-order valence-corrected chi connectivity index (χ0v) is 9.87. The van der Waals surface area contributed by atoms with Crippen LogP contribution in [0, 0.1) is 0 Å². The largest absolute Gasteiger partial charge is 0.494 e. The first-order valence-electron chi connectivity index (χ1n) is 5.28. The maximum absolute atomic E-state index is 5.95. The lowest BCUT2D eigenvalue weighted by Crippen LogP contribution is -1.90. The number of ether oxygens (including phenoxy) is 1. The molecule has 2 aromatic rings. The molecule has 0 aliphatic carbocycles. The molecule has 0 bridgehead atoms. The lowest BCUT2D eigenvalue weighted by atomic mass is 10.1. The fourth-order valence-electron chi connectivity index (χ4n) is 1.58. The SMILES string of the molecule is CCOc1ccc(-c2cccc(Cl)c2)cc1. The lowest BCUT2D eigenvalue weighted by Gasteiger charge is -2.05. The van der Waals surface area contributed by atoms with E-state index in [9.17, 15) is 0 Å². The van der Waals surface area contributed by atoms with Crippen molar-refractivity contribution in [3.63, 3.8) is 0 Å². The number of rotatable bonds is 3. The molecule has 0 unspecified atom stereocenters. The Labute approximate surface area is 101 Å². The fourth-order valence-corrected chi connectivity index (χ4v) is 1.77. The normalized spacial score (nSPS) is 10.1. The minimum absolute atomic E-state index is 0.691. The van der Waals surface area contributed by atoms with Crippen LogP contribution in [0.4, 0.5) is 0 Å². The van der Waals surface area contributed by atoms with Gasteiger partial charge in [0.15, 0.2) is 0 Å². The Bertz CT molecular complexity index is 462. The average Bonchev–Trinajstić information content (AvgIpc) is 2.30. The van der Waals surface area contributed by atoms with E-state index in [-0.39, 0.29) is 0 Å². The van der Waals surface area contributed by atoms with Gasteiger partial charge in [0, 0.05) is 5.02 Å². The minimum atomic E-state index is 0.691. The van der Waals surface area contributed by atoms with Crippen molar-refractivity contribution in [3.05, 3.63) is 53.6 Å². The molecule has 0 aromatic heterocycles. The summed E-state index contributed by atoms with van der Waals surface area (Å²) in [6.07, 6.45) is 0. The van der Waals surface area contributed by atoms with E-state index in [1.165, 1.54) is 0 Å². The zero-order chi connectivity index (χ0) is 11.4. The number of benzene rings is 2. The Morgan fingerprint density at radius 1 is 1.00 bits per heavy atom. The fraction of sp³-hybridized carbons (Fsp3) is 0.143. The van der Waals surface area contributed by atoms with E-state index in [1.807, 2.05) is 55.5 Å². The Hall–Kier alpha value is -1.47. The lowest BCUT2D eigenvalue weighted by molar-refractivity contribution is 0.340. The van der Waals surface area contributed by atoms with Gasteiger partial charge in [-0.25, -0.2) is 0 Å². The van der Waals surface area contributed by atoms with E-state index in [0.717, 1.165) is 21.9 Å². The molecule has 16 heavy (non-hydrogen) atoms. The van der Waals surface area contributed by atoms with E-state index in [4.69, 9.17) is 16.3 Å². The molecular formula is C14H13ClO. The summed E-state index contributed by atoms with van der Waals surface area (Å²) in [4.78, 5) is 0. The van der Waals surface area contributed by atoms with Gasteiger partial charge in [0.25, 0.3) is 0 Å². The molecular weight excluding hydrogens is 220 g/mol. The Morgan fingerprint density at radius 2 is 1.75 bits per heavy atom. The van der Waals surface area contributed by atoms with Crippen LogP contribution < -0.4 is 4.74 Å². The van der Waals surface area contributed by atoms with Crippen LogP contribution in [0.25, 0.3) is 11.1 Å². The number of hydrogen-bond acceptors (Lipinski definition) is 1. The van der Waals surface area contributed by atoms with Crippen LogP contribution in [0.5, 0.6) is 5.75 Å². The van der Waals surface area contributed by atoms with Gasteiger partial charge in [-0.15, -0.1) is 0 Å². The molecule has 2 rings (SSSR count). The summed E-state index contributed by atoms with van der Waals surface area (Å²) in [6, 6.07) is 15.8. The van der Waals surface area contributed by atoms with Gasteiger partial charge in [-0.1, -0.05) is 35.9 Å². The summed E-state index contributed by atoms with van der Waals surface area (Å²) in [6.45, 7) is 2.67. The van der Waals surface area contributed by atoms with Crippen molar-refractivity contribution < 1.29 is 4.74 Å². The third-order valence-corrected chi connectivity index (χ3v) is 2.56. The third-order valence-electron chi connectivity index (χ3n) is 2.32. The minimum Gasteiger partial charge on any atom is -0.494 e. The van der Waals surface area contributed by atoms with Crippen LogP contribution in [0.15, 0.2) is 48.5 Å². The van der Waals surface area contributed by atoms with Gasteiger partial charge in [0.2, 0.25) is 0 Å². The highest BCUT2D eigenvalue weighted by Gasteiger charge is 1.98. The molecule has 2 heteroatoms. The van der Waals surface area contributed by atoms with Crippen molar-refractivity contribution in [2.24, 2.45) is 0 Å². The first-order chi connectivity index (χ1) is 7.79. The maximum Gasteiger partial charge on any atom is 0.119 e. The Balaban J connectivity index is 2.27. The van der Waals surface area contributed by atoms with Crippen LogP contribution in [-0.2, 0) is 0 Å². The van der Waals surface area contributed by atoms with Gasteiger partial charge in [0.05, 0.1) is 6.61 Å². The standard InChI is InChI=1S/C14H13ClO/c1-2-16-14-8-6-11(7-9-14)12-4-3-5-13(15)10-12/h3-10H,2H2,1H3. The van der Waals surface area contributed by atoms with Crippen molar-refractivity contribution in [1.82, 2.24) is 0 Å². The molecule has 0 aliphatic heterocycles. The third kappa shape index (κ3) is 2.56. The van der Waals surface area contributed by atoms with E-state index < -0.39 is 0 Å². The molecule has 0 spiro atoms. The number of hydrogen-bond donors (Lipinski definition) is 0. The monoisotopic (exact) mass is 232 g/mol. The molecule has 0 heterocycles. The maximum atomic E-state index is 5.95. The Morgan fingerprint density at radius 3 is 2.38 bits per heavy atom. The van der Waals surface area contributed by atoms with Crippen molar-refractivity contribution in [2.45, 2.75) is 6.92 Å². The van der Waals surface area contributed by atoms with Crippen molar-refractivity contribution in [3.8, 4) is 16.9 Å². The van der Waals surface area contributed by atoms with Crippen LogP contribution in [0.2, 0.25) is 5.02 Å². The van der Waals surface area contributed by atoms with Gasteiger partial charge in [-0.3, -0.25) is 0 Å². The zero-order valence-electron chi connectivity index (χ0n) is 9.11. The highest BCUT2D eigenvalue weighted by molar-refractivity contribution is 6.30. The van der Waals surface area contributed by atoms with Crippen LogP contribution in [-0.4, -0.2) is 6.61 Å². The van der Waals surface area contributed by atoms with Crippen molar-refractivity contribution in [2.75, 3.05) is 6.61 Å². The summed E-state index contributed by atoms with van der Waals surface area (Å²) < 4.78 is 5.39. The van der Waals surface area contributed by atoms with Crippen molar-refractivity contribution >= 4 is 11.6 Å². The van der Waals surface area contributed by atoms with Crippen LogP contribution in [0.3, 0.4) is 0 Å². The molecule has 0 saturated carbocycles. The summed E-state index contributed by atoms with van der Waals surface area (Å²) >= 11 is 5.95. The van der Waals surface area contributed by atoms with E-state index in [1.54, 1.807) is 0 Å². The second-order valence-electron chi connectivity index (χ2n) is 3.47. The van der Waals surface area contributed by atoms with E-state index in [0.29, 0.717) is 6.61 Å². The molecule has 0 radical (unpaired) electrons. The molecule has 0 amide bonds. The van der Waals surface area contributed by atoms with Gasteiger partial charge in [0.1, 0.15) is 5.75 Å². The highest BCUT2D eigenvalue weighted by atomic mass is 35.5. The first-order valence-corrected chi connectivity index (χ1v) is 5.66. The second-order valence-corrected chi connectivity index (χ2v) is 3.90. The first kappa shape index (κ1) is 11.0. The summed E-state index contributed by atoms with van der Waals surface area (Å²) in [5, 5.41) is 0.756. The molecule has 82 valence electrons. The molecule has 1 nitrogen and oxygen atoms in total. The summed E-state index contributed by atoms with van der Waals surface area (Å²) in [5.74, 6) is 0.897. The molecule has 0 saturated heterocycles. The topological polar surface area (TPSA) is 9.23 Å². The molecule has 0 atom stereocenters. The van der Waals surface area contributed by atoms with Crippen LogP contribution in [0.1, 0.15) is 6.92 Å². The van der Waals surface area contributed by atoms with E-state index in [2.05, 4.69) is 0 Å². The highest BCUT2D eigenvalue weighted by Crippen LogP contribution is 2.24. The Kier molecular flexibility index (Phi) is 3.47. The second kappa shape index (κ2) is 5.04. The average molecular weight is 233 g/mol. The predicted octanol–water partition coefficient (Wildman–Crippen LogP) is 4.41. The summed E-state index contributed by atoms with van der Waals surface area (Å²) in [7, 11) is 0. The molecule has 2 aromatic carbocycles. The van der Waals surface area contributed by atoms with Gasteiger partial charge in [-0.2, -0.15) is 0 Å². The summed E-state index contributed by atoms with van der Waals surface area (Å²) in [5.41, 5.74) is 2.27. The quantitative estimate of drug-likeness (QED) is 0.762. The smallest absolute Gasteiger partial charge is 0.119 e. The predicted molar refractivity (Wildman–Crippen MR) is 68.1 cm³/mol. The van der Waals surface area contributed by atoms with Gasteiger partial charge >= 0.3 is 0 Å². The number of halogens is 1. The van der Waals surface area contributed by atoms with Gasteiger partial charge in [-0.05, 0) is 42.3 Å². The molecule has 0 aliphatic rings. The van der Waals surface area contributed by atoms with E-state index >= 15 is 0 Å². The van der Waals surface area contributed by atoms with Gasteiger partial charge < -0.3 is 4.74 Å².